The molecule has 0 aromatic heterocycles. The number of hydrogen-bond donors (Lipinski definition) is 4. The molecular weight excluding hydrogens is 240 g/mol. The molecule has 0 aliphatic rings. The van der Waals surface area contributed by atoms with Gasteiger partial charge in [0.05, 0.1) is 13.2 Å². The molecule has 98 valence electrons. The predicted octanol–water partition coefficient (Wildman–Crippen LogP) is 2.69. The van der Waals surface area contributed by atoms with Crippen molar-refractivity contribution < 1.29 is 10.2 Å². The first-order chi connectivity index (χ1) is 7.70. The first-order valence-electron chi connectivity index (χ1n) is 6.28. The molecular formula is C12H26O2S2. The van der Waals surface area contributed by atoms with E-state index >= 15 is 0 Å². The van der Waals surface area contributed by atoms with Crippen molar-refractivity contribution in [2.24, 2.45) is 0 Å². The van der Waals surface area contributed by atoms with Gasteiger partial charge in [-0.2, -0.15) is 25.3 Å². The maximum Gasteiger partial charge on any atom is 0.0547 e. The second-order valence-corrected chi connectivity index (χ2v) is 5.83. The van der Waals surface area contributed by atoms with Gasteiger partial charge in [-0.25, -0.2) is 0 Å². The van der Waals surface area contributed by atoms with E-state index in [1.54, 1.807) is 0 Å². The number of rotatable bonds is 11. The van der Waals surface area contributed by atoms with Gasteiger partial charge in [0.1, 0.15) is 0 Å². The summed E-state index contributed by atoms with van der Waals surface area (Å²) in [4.78, 5) is 0. The fourth-order valence-electron chi connectivity index (χ4n) is 1.65. The summed E-state index contributed by atoms with van der Waals surface area (Å²) in [6, 6.07) is 0. The normalized spacial score (nSPS) is 15.0. The van der Waals surface area contributed by atoms with Crippen molar-refractivity contribution in [1.29, 1.82) is 0 Å². The van der Waals surface area contributed by atoms with Gasteiger partial charge in [0.25, 0.3) is 0 Å². The lowest BCUT2D eigenvalue weighted by Crippen LogP contribution is -2.04. The Hall–Kier alpha value is 0.620. The topological polar surface area (TPSA) is 40.5 Å². The van der Waals surface area contributed by atoms with Crippen molar-refractivity contribution >= 4 is 25.3 Å². The predicted molar refractivity (Wildman–Crippen MR) is 76.7 cm³/mol. The van der Waals surface area contributed by atoms with Crippen LogP contribution in [0.25, 0.3) is 0 Å². The average molecular weight is 266 g/mol. The van der Waals surface area contributed by atoms with Crippen LogP contribution >= 0.6 is 25.3 Å². The number of aliphatic hydroxyl groups excluding tert-OH is 2. The van der Waals surface area contributed by atoms with E-state index < -0.39 is 0 Å². The van der Waals surface area contributed by atoms with Crippen LogP contribution < -0.4 is 0 Å². The summed E-state index contributed by atoms with van der Waals surface area (Å²) in [6.45, 7) is 0.376. The molecule has 2 N–H and O–H groups in total. The third-order valence-corrected chi connectivity index (χ3v) is 3.59. The maximum atomic E-state index is 8.78. The van der Waals surface area contributed by atoms with Crippen molar-refractivity contribution in [1.82, 2.24) is 0 Å². The molecule has 16 heavy (non-hydrogen) atoms. The van der Waals surface area contributed by atoms with Crippen LogP contribution in [0, 0.1) is 0 Å². The molecule has 0 saturated heterocycles. The highest BCUT2D eigenvalue weighted by Crippen LogP contribution is 2.13. The Morgan fingerprint density at radius 2 is 0.938 bits per heavy atom. The molecule has 0 radical (unpaired) electrons. The number of hydrogen-bond acceptors (Lipinski definition) is 4. The van der Waals surface area contributed by atoms with E-state index in [0.29, 0.717) is 0 Å². The smallest absolute Gasteiger partial charge is 0.0547 e. The van der Waals surface area contributed by atoms with Crippen molar-refractivity contribution in [2.75, 3.05) is 13.2 Å². The first-order valence-corrected chi connectivity index (χ1v) is 7.31. The summed E-state index contributed by atoms with van der Waals surface area (Å²) >= 11 is 8.48. The number of unbranched alkanes of at least 4 members (excludes halogenated alkanes) is 5. The Balaban J connectivity index is 3.04. The molecule has 0 spiro atoms. The SMILES string of the molecule is OCC(S)CCCCCCCCC(S)CO. The van der Waals surface area contributed by atoms with Crippen molar-refractivity contribution in [3.05, 3.63) is 0 Å². The van der Waals surface area contributed by atoms with Gasteiger partial charge in [0, 0.05) is 10.5 Å². The molecule has 0 aromatic rings. The molecule has 2 unspecified atom stereocenters. The summed E-state index contributed by atoms with van der Waals surface area (Å²) in [5.74, 6) is 0. The molecule has 2 nitrogen and oxygen atoms in total. The van der Waals surface area contributed by atoms with Gasteiger partial charge in [-0.1, -0.05) is 38.5 Å². The van der Waals surface area contributed by atoms with E-state index in [9.17, 15) is 0 Å². The third-order valence-electron chi connectivity index (χ3n) is 2.75. The molecule has 4 heteroatoms. The molecule has 0 amide bonds. The Morgan fingerprint density at radius 3 is 1.25 bits per heavy atom. The van der Waals surface area contributed by atoms with Crippen LogP contribution in [-0.4, -0.2) is 33.9 Å². The Kier molecular flexibility index (Phi) is 12.6. The van der Waals surface area contributed by atoms with Crippen LogP contribution in [0.2, 0.25) is 0 Å². The second-order valence-electron chi connectivity index (χ2n) is 4.37. The van der Waals surface area contributed by atoms with Gasteiger partial charge >= 0.3 is 0 Å². The number of thiol groups is 2. The van der Waals surface area contributed by atoms with Crippen LogP contribution in [0.1, 0.15) is 51.4 Å². The zero-order valence-corrected chi connectivity index (χ0v) is 11.8. The molecule has 2 atom stereocenters. The van der Waals surface area contributed by atoms with Gasteiger partial charge in [0.15, 0.2) is 0 Å². The minimum absolute atomic E-state index is 0.162. The molecule has 0 saturated carbocycles. The standard InChI is InChI=1S/C12H26O2S2/c13-9-11(15)7-5-3-1-2-4-6-8-12(16)10-14/h11-16H,1-10H2. The zero-order valence-electron chi connectivity index (χ0n) is 10.0. The summed E-state index contributed by atoms with van der Waals surface area (Å²) in [6.07, 6.45) is 9.38. The van der Waals surface area contributed by atoms with Gasteiger partial charge in [-0.05, 0) is 12.8 Å². The lowest BCUT2D eigenvalue weighted by Gasteiger charge is -2.07. The monoisotopic (exact) mass is 266 g/mol. The maximum absolute atomic E-state index is 8.78. The van der Waals surface area contributed by atoms with Crippen molar-refractivity contribution in [3.63, 3.8) is 0 Å². The van der Waals surface area contributed by atoms with Crippen LogP contribution in [0.5, 0.6) is 0 Å². The fraction of sp³-hybridized carbons (Fsp3) is 1.00. The lowest BCUT2D eigenvalue weighted by atomic mass is 10.1. The minimum atomic E-state index is 0.162. The molecule has 0 bridgehead atoms. The van der Waals surface area contributed by atoms with Gasteiger partial charge in [-0.15, -0.1) is 0 Å². The van der Waals surface area contributed by atoms with Gasteiger partial charge in [-0.3, -0.25) is 0 Å². The average Bonchev–Trinajstić information content (AvgIpc) is 2.31. The van der Waals surface area contributed by atoms with E-state index in [-0.39, 0.29) is 23.7 Å². The van der Waals surface area contributed by atoms with E-state index in [4.69, 9.17) is 10.2 Å². The Bertz CT molecular complexity index is 129. The summed E-state index contributed by atoms with van der Waals surface area (Å²) < 4.78 is 0. The first kappa shape index (κ1) is 16.6. The van der Waals surface area contributed by atoms with E-state index in [1.165, 1.54) is 38.5 Å². The van der Waals surface area contributed by atoms with Crippen LogP contribution in [0.3, 0.4) is 0 Å². The Labute approximate surface area is 111 Å². The van der Waals surface area contributed by atoms with Crippen molar-refractivity contribution in [3.8, 4) is 0 Å². The van der Waals surface area contributed by atoms with E-state index in [0.717, 1.165) is 12.8 Å². The summed E-state index contributed by atoms with van der Waals surface area (Å²) in [7, 11) is 0. The van der Waals surface area contributed by atoms with Gasteiger partial charge in [0.2, 0.25) is 0 Å². The van der Waals surface area contributed by atoms with Crippen LogP contribution in [0.4, 0.5) is 0 Å². The molecule has 0 fully saturated rings. The van der Waals surface area contributed by atoms with Gasteiger partial charge < -0.3 is 10.2 Å². The Morgan fingerprint density at radius 1 is 0.625 bits per heavy atom. The molecule has 0 rings (SSSR count). The lowest BCUT2D eigenvalue weighted by molar-refractivity contribution is 0.287. The third kappa shape index (κ3) is 11.1. The highest BCUT2D eigenvalue weighted by Gasteiger charge is 2.01. The van der Waals surface area contributed by atoms with E-state index in [2.05, 4.69) is 25.3 Å². The van der Waals surface area contributed by atoms with E-state index in [1.807, 2.05) is 0 Å². The highest BCUT2D eigenvalue weighted by molar-refractivity contribution is 7.81. The molecule has 0 aromatic carbocycles. The van der Waals surface area contributed by atoms with Crippen molar-refractivity contribution in [2.45, 2.75) is 61.9 Å². The quantitative estimate of drug-likeness (QED) is 0.343. The fourth-order valence-corrected chi connectivity index (χ4v) is 2.01. The molecule has 0 aliphatic heterocycles. The summed E-state index contributed by atoms with van der Waals surface area (Å²) in [5.41, 5.74) is 0. The summed E-state index contributed by atoms with van der Waals surface area (Å²) in [5, 5.41) is 17.9. The molecule has 0 heterocycles. The van der Waals surface area contributed by atoms with Crippen LogP contribution in [-0.2, 0) is 0 Å². The minimum Gasteiger partial charge on any atom is -0.395 e. The molecule has 0 aliphatic carbocycles. The highest BCUT2D eigenvalue weighted by atomic mass is 32.1. The zero-order chi connectivity index (χ0) is 12.2. The van der Waals surface area contributed by atoms with Crippen LogP contribution in [0.15, 0.2) is 0 Å². The number of aliphatic hydroxyl groups is 2. The largest absolute Gasteiger partial charge is 0.395 e. The second kappa shape index (κ2) is 12.1.